The summed E-state index contributed by atoms with van der Waals surface area (Å²) in [6.45, 7) is 4.23. The maximum atomic E-state index is 5.27. The minimum Gasteiger partial charge on any atom is -0.339 e. The van der Waals surface area contributed by atoms with Crippen LogP contribution in [0.3, 0.4) is 0 Å². The van der Waals surface area contributed by atoms with Gasteiger partial charge in [0.1, 0.15) is 12.3 Å². The molecule has 2 unspecified atom stereocenters. The van der Waals surface area contributed by atoms with Gasteiger partial charge in [-0.05, 0) is 37.3 Å². The predicted octanol–water partition coefficient (Wildman–Crippen LogP) is 0.754. The molecule has 2 saturated heterocycles. The summed E-state index contributed by atoms with van der Waals surface area (Å²) in [7, 11) is 0. The summed E-state index contributed by atoms with van der Waals surface area (Å²) in [4.78, 5) is 0. The summed E-state index contributed by atoms with van der Waals surface area (Å²) in [5.74, 6) is 0. The molecule has 0 radical (unpaired) electrons. The van der Waals surface area contributed by atoms with E-state index >= 15 is 0 Å². The highest BCUT2D eigenvalue weighted by molar-refractivity contribution is 7.80. The Kier molecular flexibility index (Phi) is 2.48. The molecule has 0 aromatic heterocycles. The number of nitrogens with zero attached hydrogens (tertiary/aromatic N) is 2. The molecule has 2 rings (SSSR count). The normalized spacial score (nSPS) is 30.4. The Hall–Kier alpha value is -0.620. The van der Waals surface area contributed by atoms with Crippen molar-refractivity contribution >= 4 is 34.7 Å². The number of hydrazine groups is 1. The highest BCUT2D eigenvalue weighted by Crippen LogP contribution is 2.23. The molecule has 2 fully saturated rings. The molecule has 2 aliphatic heterocycles. The van der Waals surface area contributed by atoms with Crippen molar-refractivity contribution in [2.75, 3.05) is 0 Å². The van der Waals surface area contributed by atoms with E-state index < -0.39 is 0 Å². The maximum absolute atomic E-state index is 5.27. The zero-order valence-corrected chi connectivity index (χ0v) is 9.91. The third kappa shape index (κ3) is 1.25. The van der Waals surface area contributed by atoms with Crippen molar-refractivity contribution in [1.82, 2.24) is 20.7 Å². The molecule has 0 aromatic carbocycles. The molecule has 0 aromatic rings. The number of fused-ring (bicyclic) bond motifs is 1. The molecule has 2 N–H and O–H groups in total. The molecule has 0 bridgehead atoms. The van der Waals surface area contributed by atoms with Crippen LogP contribution < -0.4 is 10.6 Å². The molecule has 78 valence electrons. The van der Waals surface area contributed by atoms with Crippen LogP contribution in [0.2, 0.25) is 0 Å². The highest BCUT2D eigenvalue weighted by atomic mass is 32.1. The van der Waals surface area contributed by atoms with Crippen LogP contribution in [0.1, 0.15) is 26.7 Å². The molecule has 14 heavy (non-hydrogen) atoms. The van der Waals surface area contributed by atoms with Crippen molar-refractivity contribution in [3.63, 3.8) is 0 Å². The average Bonchev–Trinajstić information content (AvgIpc) is 2.67. The molecule has 0 spiro atoms. The quantitative estimate of drug-likeness (QED) is 0.681. The van der Waals surface area contributed by atoms with Gasteiger partial charge < -0.3 is 10.6 Å². The van der Waals surface area contributed by atoms with Gasteiger partial charge >= 0.3 is 0 Å². The minimum absolute atomic E-state index is 0.221. The highest BCUT2D eigenvalue weighted by Gasteiger charge is 2.44. The number of hydrogen-bond acceptors (Lipinski definition) is 2. The van der Waals surface area contributed by atoms with E-state index in [0.717, 1.165) is 23.1 Å². The minimum atomic E-state index is 0.221. The fourth-order valence-corrected chi connectivity index (χ4v) is 2.57. The fourth-order valence-electron chi connectivity index (χ4n) is 1.87. The van der Waals surface area contributed by atoms with Gasteiger partial charge in [-0.15, -0.1) is 0 Å². The van der Waals surface area contributed by atoms with E-state index in [1.807, 2.05) is 10.0 Å². The Morgan fingerprint density at radius 1 is 1.00 bits per heavy atom. The molecule has 2 heterocycles. The summed E-state index contributed by atoms with van der Waals surface area (Å²) < 4.78 is 0. The summed E-state index contributed by atoms with van der Waals surface area (Å²) in [6.07, 6.45) is 2.40. The monoisotopic (exact) mass is 230 g/mol. The van der Waals surface area contributed by atoms with Crippen molar-refractivity contribution in [3.05, 3.63) is 0 Å². The lowest BCUT2D eigenvalue weighted by Gasteiger charge is -2.25. The van der Waals surface area contributed by atoms with Gasteiger partial charge in [0.25, 0.3) is 0 Å². The Morgan fingerprint density at radius 2 is 1.36 bits per heavy atom. The molecule has 0 saturated carbocycles. The van der Waals surface area contributed by atoms with Crippen LogP contribution in [-0.2, 0) is 0 Å². The topological polar surface area (TPSA) is 30.5 Å². The van der Waals surface area contributed by atoms with Crippen LogP contribution in [0.25, 0.3) is 0 Å². The van der Waals surface area contributed by atoms with Crippen molar-refractivity contribution in [1.29, 1.82) is 0 Å². The van der Waals surface area contributed by atoms with E-state index in [0.29, 0.717) is 0 Å². The smallest absolute Gasteiger partial charge is 0.191 e. The SMILES string of the molecule is CCC1NC(=S)N2C(CC)NC(=S)N12. The summed E-state index contributed by atoms with van der Waals surface area (Å²) in [5.41, 5.74) is 0. The zero-order valence-electron chi connectivity index (χ0n) is 8.28. The van der Waals surface area contributed by atoms with Gasteiger partial charge in [-0.1, -0.05) is 13.8 Å². The van der Waals surface area contributed by atoms with Gasteiger partial charge in [0.2, 0.25) is 0 Å². The van der Waals surface area contributed by atoms with E-state index in [9.17, 15) is 0 Å². The lowest BCUT2D eigenvalue weighted by molar-refractivity contribution is 0.110. The molecule has 4 nitrogen and oxygen atoms in total. The van der Waals surface area contributed by atoms with Crippen molar-refractivity contribution < 1.29 is 0 Å². The molecule has 0 aliphatic carbocycles. The van der Waals surface area contributed by atoms with Crippen LogP contribution >= 0.6 is 24.4 Å². The van der Waals surface area contributed by atoms with E-state index in [1.54, 1.807) is 0 Å². The molecular formula is C8H14N4S2. The van der Waals surface area contributed by atoms with E-state index in [-0.39, 0.29) is 12.3 Å². The molecule has 6 heteroatoms. The van der Waals surface area contributed by atoms with Gasteiger partial charge in [-0.25, -0.2) is 10.0 Å². The number of nitrogens with one attached hydrogen (secondary N) is 2. The van der Waals surface area contributed by atoms with Crippen LogP contribution in [0.5, 0.6) is 0 Å². The maximum Gasteiger partial charge on any atom is 0.191 e. The van der Waals surface area contributed by atoms with Crippen LogP contribution in [0, 0.1) is 0 Å². The van der Waals surface area contributed by atoms with E-state index in [2.05, 4.69) is 24.5 Å². The molecule has 2 atom stereocenters. The lowest BCUT2D eigenvalue weighted by Crippen LogP contribution is -2.41. The van der Waals surface area contributed by atoms with Gasteiger partial charge in [0.05, 0.1) is 0 Å². The van der Waals surface area contributed by atoms with Crippen molar-refractivity contribution in [2.24, 2.45) is 0 Å². The molecule has 0 amide bonds. The number of hydrogen-bond donors (Lipinski definition) is 2. The van der Waals surface area contributed by atoms with Crippen LogP contribution in [0.15, 0.2) is 0 Å². The average molecular weight is 230 g/mol. The van der Waals surface area contributed by atoms with E-state index in [1.165, 1.54) is 0 Å². The van der Waals surface area contributed by atoms with E-state index in [4.69, 9.17) is 24.4 Å². The van der Waals surface area contributed by atoms with Gasteiger partial charge in [-0.2, -0.15) is 0 Å². The van der Waals surface area contributed by atoms with Gasteiger partial charge in [0, 0.05) is 0 Å². The van der Waals surface area contributed by atoms with Crippen molar-refractivity contribution in [3.8, 4) is 0 Å². The summed E-state index contributed by atoms with van der Waals surface area (Å²) in [5, 5.41) is 12.2. The predicted molar refractivity (Wildman–Crippen MR) is 63.3 cm³/mol. The van der Waals surface area contributed by atoms with Gasteiger partial charge in [0.15, 0.2) is 10.2 Å². The molecule has 2 aliphatic rings. The van der Waals surface area contributed by atoms with Gasteiger partial charge in [-0.3, -0.25) is 0 Å². The Morgan fingerprint density at radius 3 is 1.64 bits per heavy atom. The lowest BCUT2D eigenvalue weighted by atomic mass is 10.4. The third-order valence-electron chi connectivity index (χ3n) is 2.59. The first kappa shape index (κ1) is 9.92. The Labute approximate surface area is 94.6 Å². The second-order valence-electron chi connectivity index (χ2n) is 3.44. The second kappa shape index (κ2) is 3.51. The zero-order chi connectivity index (χ0) is 10.3. The Balaban J connectivity index is 2.26. The first-order valence-corrected chi connectivity index (χ1v) is 5.70. The summed E-state index contributed by atoms with van der Waals surface area (Å²) >= 11 is 10.5. The first-order valence-electron chi connectivity index (χ1n) is 4.88. The number of rotatable bonds is 2. The first-order chi connectivity index (χ1) is 6.69. The standard InChI is InChI=1S/C8H14N4S2/c1-3-5-9-7(13)12-6(4-2)10-8(14)11(5)12/h5-6H,3-4H2,1-2H3,(H,9,13)(H,10,14). The molecular weight excluding hydrogens is 216 g/mol. The number of thiocarbonyl (C=S) groups is 2. The largest absolute Gasteiger partial charge is 0.339 e. The fraction of sp³-hybridized carbons (Fsp3) is 0.750. The second-order valence-corrected chi connectivity index (χ2v) is 4.21. The van der Waals surface area contributed by atoms with Crippen LogP contribution in [0.4, 0.5) is 0 Å². The third-order valence-corrected chi connectivity index (χ3v) is 3.20. The summed E-state index contributed by atoms with van der Waals surface area (Å²) in [6, 6.07) is 0. The van der Waals surface area contributed by atoms with Crippen LogP contribution in [-0.4, -0.2) is 32.6 Å². The van der Waals surface area contributed by atoms with Crippen molar-refractivity contribution in [2.45, 2.75) is 39.0 Å². The Bertz CT molecular complexity index is 253.